The maximum absolute atomic E-state index is 12.1. The largest absolute Gasteiger partial charge is 0.493 e. The molecule has 0 aliphatic carbocycles. The molecule has 1 amide bonds. The van der Waals surface area contributed by atoms with E-state index in [0.29, 0.717) is 23.0 Å². The van der Waals surface area contributed by atoms with Crippen molar-refractivity contribution in [2.24, 2.45) is 5.92 Å². The van der Waals surface area contributed by atoms with E-state index in [4.69, 9.17) is 14.7 Å². The highest BCUT2D eigenvalue weighted by atomic mass is 16.5. The number of amides is 1. The minimum atomic E-state index is -0.00652. The summed E-state index contributed by atoms with van der Waals surface area (Å²) in [6, 6.07) is 6.94. The molecule has 5 heteroatoms. The predicted octanol–water partition coefficient (Wildman–Crippen LogP) is 2.20. The van der Waals surface area contributed by atoms with Gasteiger partial charge in [0.2, 0.25) is 0 Å². The van der Waals surface area contributed by atoms with Crippen molar-refractivity contribution in [3.05, 3.63) is 23.8 Å². The zero-order valence-corrected chi connectivity index (χ0v) is 12.5. The summed E-state index contributed by atoms with van der Waals surface area (Å²) in [5.74, 6) is 1.49. The van der Waals surface area contributed by atoms with Crippen LogP contribution in [0, 0.1) is 17.2 Å². The average molecular weight is 288 g/mol. The summed E-state index contributed by atoms with van der Waals surface area (Å²) >= 11 is 0. The van der Waals surface area contributed by atoms with Crippen LogP contribution in [0.5, 0.6) is 11.5 Å². The van der Waals surface area contributed by atoms with Crippen molar-refractivity contribution >= 4 is 5.91 Å². The van der Waals surface area contributed by atoms with Gasteiger partial charge in [-0.05, 0) is 30.9 Å². The third-order valence-corrected chi connectivity index (χ3v) is 3.65. The summed E-state index contributed by atoms with van der Waals surface area (Å²) in [5.41, 5.74) is 0.496. The second kappa shape index (κ2) is 6.98. The van der Waals surface area contributed by atoms with Gasteiger partial charge in [0.1, 0.15) is 0 Å². The molecule has 1 atom stereocenters. The summed E-state index contributed by atoms with van der Waals surface area (Å²) in [4.78, 5) is 14.0. The SMILES string of the molecule is COc1cc(C#N)ccc1OCC(=O)N1CCC[C@@H](C)C1. The fourth-order valence-electron chi connectivity index (χ4n) is 2.50. The Morgan fingerprint density at radius 2 is 2.29 bits per heavy atom. The van der Waals surface area contributed by atoms with Gasteiger partial charge in [-0.2, -0.15) is 5.26 Å². The second-order valence-electron chi connectivity index (χ2n) is 5.35. The first-order valence-corrected chi connectivity index (χ1v) is 7.12. The van der Waals surface area contributed by atoms with Gasteiger partial charge in [-0.25, -0.2) is 0 Å². The fourth-order valence-corrected chi connectivity index (χ4v) is 2.50. The molecule has 0 saturated carbocycles. The smallest absolute Gasteiger partial charge is 0.260 e. The molecule has 1 fully saturated rings. The standard InChI is InChI=1S/C16H20N2O3/c1-12-4-3-7-18(10-12)16(19)11-21-14-6-5-13(9-17)8-15(14)20-2/h5-6,8,12H,3-4,7,10-11H2,1-2H3/t12-/m1/s1. The number of methoxy groups -OCH3 is 1. The number of hydrogen-bond donors (Lipinski definition) is 0. The lowest BCUT2D eigenvalue weighted by Crippen LogP contribution is -2.41. The van der Waals surface area contributed by atoms with Gasteiger partial charge in [-0.15, -0.1) is 0 Å². The lowest BCUT2D eigenvalue weighted by Gasteiger charge is -2.30. The zero-order valence-electron chi connectivity index (χ0n) is 12.5. The molecule has 1 aliphatic heterocycles. The van der Waals surface area contributed by atoms with Crippen LogP contribution in [0.1, 0.15) is 25.3 Å². The van der Waals surface area contributed by atoms with Gasteiger partial charge in [-0.3, -0.25) is 4.79 Å². The molecule has 1 saturated heterocycles. The average Bonchev–Trinajstić information content (AvgIpc) is 2.52. The first-order valence-electron chi connectivity index (χ1n) is 7.12. The van der Waals surface area contributed by atoms with Crippen molar-refractivity contribution in [2.45, 2.75) is 19.8 Å². The molecule has 2 rings (SSSR count). The molecule has 21 heavy (non-hydrogen) atoms. The van der Waals surface area contributed by atoms with Gasteiger partial charge >= 0.3 is 0 Å². The highest BCUT2D eigenvalue weighted by Crippen LogP contribution is 2.28. The van der Waals surface area contributed by atoms with Crippen molar-refractivity contribution in [1.29, 1.82) is 5.26 Å². The van der Waals surface area contributed by atoms with Crippen LogP contribution in [-0.4, -0.2) is 37.6 Å². The second-order valence-corrected chi connectivity index (χ2v) is 5.35. The number of benzene rings is 1. The van der Waals surface area contributed by atoms with Gasteiger partial charge < -0.3 is 14.4 Å². The molecule has 0 bridgehead atoms. The summed E-state index contributed by atoms with van der Waals surface area (Å²) in [7, 11) is 1.51. The minimum Gasteiger partial charge on any atom is -0.493 e. The normalized spacial score (nSPS) is 18.0. The molecular weight excluding hydrogens is 268 g/mol. The van der Waals surface area contributed by atoms with E-state index in [-0.39, 0.29) is 12.5 Å². The summed E-state index contributed by atoms with van der Waals surface area (Å²) in [6.45, 7) is 3.75. The van der Waals surface area contributed by atoms with E-state index in [1.54, 1.807) is 18.2 Å². The van der Waals surface area contributed by atoms with Gasteiger partial charge in [0.05, 0.1) is 18.7 Å². The number of nitrogens with zero attached hydrogens (tertiary/aromatic N) is 2. The highest BCUT2D eigenvalue weighted by Gasteiger charge is 2.21. The number of nitriles is 1. The molecule has 1 aromatic rings. The van der Waals surface area contributed by atoms with Crippen LogP contribution in [0.4, 0.5) is 0 Å². The van der Waals surface area contributed by atoms with E-state index in [1.807, 2.05) is 11.0 Å². The van der Waals surface area contributed by atoms with Crippen molar-refractivity contribution < 1.29 is 14.3 Å². The van der Waals surface area contributed by atoms with Crippen molar-refractivity contribution in [1.82, 2.24) is 4.90 Å². The van der Waals surface area contributed by atoms with Crippen LogP contribution in [0.3, 0.4) is 0 Å². The Bertz CT molecular complexity index is 551. The number of carbonyl (C=O) groups is 1. The monoisotopic (exact) mass is 288 g/mol. The van der Waals surface area contributed by atoms with Crippen LogP contribution in [-0.2, 0) is 4.79 Å². The van der Waals surface area contributed by atoms with Crippen molar-refractivity contribution in [3.8, 4) is 17.6 Å². The van der Waals surface area contributed by atoms with Crippen LogP contribution < -0.4 is 9.47 Å². The molecule has 1 heterocycles. The molecular formula is C16H20N2O3. The molecule has 0 radical (unpaired) electrons. The fraction of sp³-hybridized carbons (Fsp3) is 0.500. The maximum atomic E-state index is 12.1. The molecule has 112 valence electrons. The minimum absolute atomic E-state index is 0.00498. The Kier molecular flexibility index (Phi) is 5.04. The van der Waals surface area contributed by atoms with E-state index in [9.17, 15) is 4.79 Å². The summed E-state index contributed by atoms with van der Waals surface area (Å²) < 4.78 is 10.7. The molecule has 0 spiro atoms. The van der Waals surface area contributed by atoms with Crippen LogP contribution >= 0.6 is 0 Å². The highest BCUT2D eigenvalue weighted by molar-refractivity contribution is 5.78. The number of ether oxygens (including phenoxy) is 2. The molecule has 0 unspecified atom stereocenters. The molecule has 1 aromatic carbocycles. The van der Waals surface area contributed by atoms with E-state index in [1.165, 1.54) is 13.5 Å². The topological polar surface area (TPSA) is 62.6 Å². The third-order valence-electron chi connectivity index (χ3n) is 3.65. The zero-order chi connectivity index (χ0) is 15.2. The van der Waals surface area contributed by atoms with Crippen molar-refractivity contribution in [3.63, 3.8) is 0 Å². The van der Waals surface area contributed by atoms with E-state index in [2.05, 4.69) is 6.92 Å². The number of piperidine rings is 1. The first-order chi connectivity index (χ1) is 10.1. The Morgan fingerprint density at radius 1 is 1.48 bits per heavy atom. The lowest BCUT2D eigenvalue weighted by molar-refractivity contribution is -0.135. The molecule has 0 aromatic heterocycles. The lowest BCUT2D eigenvalue weighted by atomic mass is 10.0. The Labute approximate surface area is 125 Å². The van der Waals surface area contributed by atoms with Crippen LogP contribution in [0.25, 0.3) is 0 Å². The van der Waals surface area contributed by atoms with Crippen LogP contribution in [0.2, 0.25) is 0 Å². The van der Waals surface area contributed by atoms with Gasteiger partial charge in [0, 0.05) is 19.2 Å². The Hall–Kier alpha value is -2.22. The van der Waals surface area contributed by atoms with E-state index >= 15 is 0 Å². The number of hydrogen-bond acceptors (Lipinski definition) is 4. The Morgan fingerprint density at radius 3 is 2.95 bits per heavy atom. The quantitative estimate of drug-likeness (QED) is 0.852. The van der Waals surface area contributed by atoms with Gasteiger partial charge in [0.25, 0.3) is 5.91 Å². The summed E-state index contributed by atoms with van der Waals surface area (Å²) in [6.07, 6.45) is 2.22. The van der Waals surface area contributed by atoms with E-state index in [0.717, 1.165) is 19.5 Å². The summed E-state index contributed by atoms with van der Waals surface area (Å²) in [5, 5.41) is 8.85. The molecule has 1 aliphatic rings. The third kappa shape index (κ3) is 3.88. The van der Waals surface area contributed by atoms with Crippen LogP contribution in [0.15, 0.2) is 18.2 Å². The number of likely N-dealkylation sites (tertiary alicyclic amines) is 1. The van der Waals surface area contributed by atoms with Gasteiger partial charge in [-0.1, -0.05) is 6.92 Å². The molecule has 5 nitrogen and oxygen atoms in total. The maximum Gasteiger partial charge on any atom is 0.260 e. The molecule has 0 N–H and O–H groups in total. The van der Waals surface area contributed by atoms with Crippen molar-refractivity contribution in [2.75, 3.05) is 26.8 Å². The van der Waals surface area contributed by atoms with E-state index < -0.39 is 0 Å². The van der Waals surface area contributed by atoms with Gasteiger partial charge in [0.15, 0.2) is 18.1 Å². The first kappa shape index (κ1) is 15.2. The Balaban J connectivity index is 1.96. The predicted molar refractivity (Wildman–Crippen MR) is 78.2 cm³/mol. The number of carbonyl (C=O) groups excluding carboxylic acids is 1. The number of rotatable bonds is 4.